The van der Waals surface area contributed by atoms with Crippen LogP contribution in [0.2, 0.25) is 0 Å². The van der Waals surface area contributed by atoms with E-state index < -0.39 is 0 Å². The summed E-state index contributed by atoms with van der Waals surface area (Å²) in [4.78, 5) is 0. The second-order valence-corrected chi connectivity index (χ2v) is 8.39. The van der Waals surface area contributed by atoms with Crippen molar-refractivity contribution >= 4 is 11.6 Å². The summed E-state index contributed by atoms with van der Waals surface area (Å²) in [5.41, 5.74) is 5.32. The van der Waals surface area contributed by atoms with E-state index in [0.29, 0.717) is 132 Å². The number of nitrogens with two attached hydrogens (primary N) is 1. The van der Waals surface area contributed by atoms with Crippen molar-refractivity contribution in [2.24, 2.45) is 5.73 Å². The van der Waals surface area contributed by atoms with Gasteiger partial charge in [-0.2, -0.15) is 0 Å². The van der Waals surface area contributed by atoms with Gasteiger partial charge in [-0.1, -0.05) is 12.8 Å². The molecule has 0 radical (unpaired) electrons. The van der Waals surface area contributed by atoms with E-state index in [1.54, 1.807) is 0 Å². The highest BCUT2D eigenvalue weighted by Gasteiger charge is 1.96. The van der Waals surface area contributed by atoms with Gasteiger partial charge >= 0.3 is 0 Å². The second-order valence-electron chi connectivity index (χ2n) is 8.02. The van der Waals surface area contributed by atoms with Crippen LogP contribution in [0.25, 0.3) is 0 Å². The van der Waals surface area contributed by atoms with Crippen molar-refractivity contribution in [2.75, 3.05) is 145 Å². The van der Waals surface area contributed by atoms with E-state index in [1.165, 1.54) is 12.8 Å². The molecule has 0 spiro atoms. The molecule has 0 bridgehead atoms. The number of halogens is 1. The molecule has 11 nitrogen and oxygen atoms in total. The van der Waals surface area contributed by atoms with E-state index in [2.05, 4.69) is 0 Å². The van der Waals surface area contributed by atoms with Crippen molar-refractivity contribution in [3.63, 3.8) is 0 Å². The monoisotopic (exact) mass is 575 g/mol. The minimum Gasteiger partial charge on any atom is -0.379 e. The summed E-state index contributed by atoms with van der Waals surface area (Å²) in [7, 11) is 0. The normalized spacial score (nSPS) is 11.5. The summed E-state index contributed by atoms with van der Waals surface area (Å²) in [6.07, 6.45) is 4.51. The molecule has 230 valence electrons. The van der Waals surface area contributed by atoms with Gasteiger partial charge in [0.2, 0.25) is 0 Å². The first-order chi connectivity index (χ1) is 18.9. The highest BCUT2D eigenvalue weighted by atomic mass is 35.5. The van der Waals surface area contributed by atoms with Crippen LogP contribution in [0.3, 0.4) is 0 Å². The van der Waals surface area contributed by atoms with Crippen molar-refractivity contribution in [2.45, 2.75) is 25.7 Å². The molecule has 38 heavy (non-hydrogen) atoms. The first kappa shape index (κ1) is 37.9. The number of unbranched alkanes of at least 4 members (excludes halogenated alkanes) is 3. The van der Waals surface area contributed by atoms with E-state index in [-0.39, 0.29) is 0 Å². The molecule has 0 aromatic carbocycles. The van der Waals surface area contributed by atoms with Crippen LogP contribution in [0.15, 0.2) is 0 Å². The Balaban J connectivity index is 3.01. The van der Waals surface area contributed by atoms with Crippen LogP contribution >= 0.6 is 11.6 Å². The minimum absolute atomic E-state index is 0.523. The van der Waals surface area contributed by atoms with Gasteiger partial charge in [-0.3, -0.25) is 0 Å². The molecule has 0 amide bonds. The number of ether oxygens (including phenoxy) is 10. The van der Waals surface area contributed by atoms with Gasteiger partial charge in [0.1, 0.15) is 0 Å². The fourth-order valence-electron chi connectivity index (χ4n) is 2.82. The predicted molar refractivity (Wildman–Crippen MR) is 146 cm³/mol. The number of alkyl halides is 1. The summed E-state index contributed by atoms with van der Waals surface area (Å²) in [5, 5.41) is 0. The zero-order valence-electron chi connectivity index (χ0n) is 23.4. The lowest BCUT2D eigenvalue weighted by Gasteiger charge is -2.09. The van der Waals surface area contributed by atoms with Crippen molar-refractivity contribution in [3.8, 4) is 0 Å². The van der Waals surface area contributed by atoms with E-state index in [9.17, 15) is 0 Å². The highest BCUT2D eigenvalue weighted by molar-refractivity contribution is 6.17. The molecule has 0 heterocycles. The lowest BCUT2D eigenvalue weighted by atomic mass is 10.2. The topological polar surface area (TPSA) is 118 Å². The van der Waals surface area contributed by atoms with Crippen LogP contribution in [-0.4, -0.2) is 145 Å². The largest absolute Gasteiger partial charge is 0.379 e. The maximum absolute atomic E-state index is 5.64. The zero-order chi connectivity index (χ0) is 27.5. The number of hydrogen-bond donors (Lipinski definition) is 1. The van der Waals surface area contributed by atoms with Crippen LogP contribution in [0.1, 0.15) is 25.7 Å². The van der Waals surface area contributed by atoms with E-state index in [1.807, 2.05) is 0 Å². The van der Waals surface area contributed by atoms with Crippen LogP contribution in [-0.2, 0) is 47.4 Å². The Morgan fingerprint density at radius 2 is 0.526 bits per heavy atom. The molecule has 2 N–H and O–H groups in total. The van der Waals surface area contributed by atoms with Crippen molar-refractivity contribution in [3.05, 3.63) is 0 Å². The maximum Gasteiger partial charge on any atom is 0.0701 e. The first-order valence-corrected chi connectivity index (χ1v) is 14.5. The predicted octanol–water partition coefficient (Wildman–Crippen LogP) is 1.91. The fraction of sp³-hybridized carbons (Fsp3) is 1.00. The summed E-state index contributed by atoms with van der Waals surface area (Å²) in [6, 6.07) is 0. The Labute approximate surface area is 235 Å². The molecule has 0 saturated carbocycles. The quantitative estimate of drug-likeness (QED) is 0.0881. The Morgan fingerprint density at radius 1 is 0.289 bits per heavy atom. The molecule has 0 atom stereocenters. The lowest BCUT2D eigenvalue weighted by Crippen LogP contribution is -2.15. The molecular formula is C26H54ClNO10. The molecule has 0 saturated heterocycles. The van der Waals surface area contributed by atoms with Gasteiger partial charge in [0.15, 0.2) is 0 Å². The van der Waals surface area contributed by atoms with E-state index >= 15 is 0 Å². The summed E-state index contributed by atoms with van der Waals surface area (Å²) in [5.74, 6) is 0.746. The van der Waals surface area contributed by atoms with Crippen LogP contribution in [0, 0.1) is 0 Å². The Kier molecular flexibility index (Phi) is 36.7. The van der Waals surface area contributed by atoms with Crippen molar-refractivity contribution < 1.29 is 47.4 Å². The molecule has 0 aromatic heterocycles. The smallest absolute Gasteiger partial charge is 0.0701 e. The van der Waals surface area contributed by atoms with Gasteiger partial charge in [0.05, 0.1) is 126 Å². The van der Waals surface area contributed by atoms with Gasteiger partial charge in [-0.25, -0.2) is 0 Å². The molecular weight excluding hydrogens is 522 g/mol. The van der Waals surface area contributed by atoms with E-state index in [4.69, 9.17) is 64.7 Å². The van der Waals surface area contributed by atoms with Gasteiger partial charge < -0.3 is 53.1 Å². The molecule has 0 aliphatic rings. The molecule has 12 heteroatoms. The molecule has 0 aliphatic heterocycles. The zero-order valence-corrected chi connectivity index (χ0v) is 24.2. The summed E-state index contributed by atoms with van der Waals surface area (Å²) < 4.78 is 54.2. The van der Waals surface area contributed by atoms with Gasteiger partial charge in [-0.15, -0.1) is 11.6 Å². The van der Waals surface area contributed by atoms with Crippen LogP contribution in [0.4, 0.5) is 0 Å². The summed E-state index contributed by atoms with van der Waals surface area (Å²) >= 11 is 5.64. The average Bonchev–Trinajstić information content (AvgIpc) is 2.93. The Bertz CT molecular complexity index is 380. The standard InChI is InChI=1S/C26H54ClNO10/c27-5-3-1-2-4-7-29-9-11-31-13-15-33-17-19-35-21-23-37-25-26-38-24-22-36-20-18-34-16-14-32-12-10-30-8-6-28/h1-26,28H2. The second kappa shape index (κ2) is 36.8. The Hall–Kier alpha value is -0.150. The van der Waals surface area contributed by atoms with Gasteiger partial charge in [0.25, 0.3) is 0 Å². The van der Waals surface area contributed by atoms with Crippen molar-refractivity contribution in [1.82, 2.24) is 0 Å². The van der Waals surface area contributed by atoms with Crippen molar-refractivity contribution in [1.29, 1.82) is 0 Å². The maximum atomic E-state index is 5.64. The highest BCUT2D eigenvalue weighted by Crippen LogP contribution is 2.01. The molecule has 0 aromatic rings. The lowest BCUT2D eigenvalue weighted by molar-refractivity contribution is -0.0263. The third-order valence-electron chi connectivity index (χ3n) is 4.78. The van der Waals surface area contributed by atoms with Gasteiger partial charge in [-0.05, 0) is 12.8 Å². The third-order valence-corrected chi connectivity index (χ3v) is 5.05. The Morgan fingerprint density at radius 3 is 0.789 bits per heavy atom. The average molecular weight is 576 g/mol. The van der Waals surface area contributed by atoms with Gasteiger partial charge in [0, 0.05) is 19.0 Å². The third kappa shape index (κ3) is 35.9. The number of hydrogen-bond acceptors (Lipinski definition) is 11. The summed E-state index contributed by atoms with van der Waals surface area (Å²) in [6.45, 7) is 11.6. The SMILES string of the molecule is NCCOCCOCCOCCOCCOCCOCCOCCOCCOCCOCCCCCCCl. The first-order valence-electron chi connectivity index (χ1n) is 13.9. The minimum atomic E-state index is 0.523. The van der Waals surface area contributed by atoms with E-state index in [0.717, 1.165) is 25.3 Å². The molecule has 0 rings (SSSR count). The number of rotatable bonds is 35. The molecule has 0 aliphatic carbocycles. The molecule has 0 unspecified atom stereocenters. The fourth-order valence-corrected chi connectivity index (χ4v) is 3.01. The van der Waals surface area contributed by atoms with Crippen LogP contribution < -0.4 is 5.73 Å². The van der Waals surface area contributed by atoms with Crippen LogP contribution in [0.5, 0.6) is 0 Å². The molecule has 0 fully saturated rings.